The normalized spacial score (nSPS) is 10.7. The van der Waals surface area contributed by atoms with E-state index in [4.69, 9.17) is 4.42 Å². The van der Waals surface area contributed by atoms with Crippen molar-refractivity contribution in [1.82, 2.24) is 4.98 Å². The first-order valence-electron chi connectivity index (χ1n) is 5.64. The highest BCUT2D eigenvalue weighted by Gasteiger charge is 2.02. The van der Waals surface area contributed by atoms with Gasteiger partial charge in [-0.1, -0.05) is 12.1 Å². The lowest BCUT2D eigenvalue weighted by atomic mass is 10.2. The number of aromatic nitrogens is 1. The topological polar surface area (TPSA) is 38.1 Å². The molecule has 3 rings (SSSR count). The van der Waals surface area contributed by atoms with E-state index >= 15 is 0 Å². The number of furan rings is 1. The molecule has 0 radical (unpaired) electrons. The predicted octanol–water partition coefficient (Wildman–Crippen LogP) is 4.20. The maximum Gasteiger partial charge on any atom is 0.127 e. The van der Waals surface area contributed by atoms with Crippen molar-refractivity contribution in [1.29, 1.82) is 0 Å². The van der Waals surface area contributed by atoms with E-state index in [9.17, 15) is 0 Å². The van der Waals surface area contributed by atoms with Gasteiger partial charge in [0.05, 0.1) is 18.3 Å². The number of pyridine rings is 1. The minimum absolute atomic E-state index is 0.635. The van der Waals surface area contributed by atoms with E-state index in [-0.39, 0.29) is 0 Å². The van der Waals surface area contributed by atoms with Gasteiger partial charge < -0.3 is 9.73 Å². The molecule has 0 atom stereocenters. The van der Waals surface area contributed by atoms with Crippen LogP contribution in [0, 0.1) is 0 Å². The van der Waals surface area contributed by atoms with Crippen LogP contribution in [0.5, 0.6) is 0 Å². The molecule has 2 heterocycles. The number of nitrogens with zero attached hydrogens (tertiary/aromatic N) is 1. The molecule has 18 heavy (non-hydrogen) atoms. The number of rotatable bonds is 3. The van der Waals surface area contributed by atoms with Gasteiger partial charge in [0.1, 0.15) is 11.6 Å². The van der Waals surface area contributed by atoms with Crippen LogP contribution in [0.1, 0.15) is 5.76 Å². The van der Waals surface area contributed by atoms with Crippen LogP contribution in [0.3, 0.4) is 0 Å². The third-order valence-electron chi connectivity index (χ3n) is 2.69. The maximum absolute atomic E-state index is 5.27. The van der Waals surface area contributed by atoms with Crippen molar-refractivity contribution < 1.29 is 4.42 Å². The fourth-order valence-electron chi connectivity index (χ4n) is 1.80. The summed E-state index contributed by atoms with van der Waals surface area (Å²) >= 11 is 3.51. The van der Waals surface area contributed by atoms with Gasteiger partial charge in [-0.15, -0.1) is 0 Å². The molecular formula is C14H11BrN2O. The molecular weight excluding hydrogens is 292 g/mol. The molecule has 0 amide bonds. The van der Waals surface area contributed by atoms with Crippen molar-refractivity contribution in [3.63, 3.8) is 0 Å². The van der Waals surface area contributed by atoms with Gasteiger partial charge in [0.15, 0.2) is 0 Å². The van der Waals surface area contributed by atoms with Crippen molar-refractivity contribution in [2.24, 2.45) is 0 Å². The highest BCUT2D eigenvalue weighted by Crippen LogP contribution is 2.23. The Bertz CT molecular complexity index is 665. The lowest BCUT2D eigenvalue weighted by molar-refractivity contribution is 0.518. The van der Waals surface area contributed by atoms with Crippen LogP contribution in [0.2, 0.25) is 0 Å². The van der Waals surface area contributed by atoms with Crippen LogP contribution in [0.4, 0.5) is 5.82 Å². The number of benzene rings is 1. The first-order chi connectivity index (χ1) is 8.83. The van der Waals surface area contributed by atoms with E-state index < -0.39 is 0 Å². The van der Waals surface area contributed by atoms with Gasteiger partial charge in [-0.3, -0.25) is 0 Å². The molecule has 4 heteroatoms. The summed E-state index contributed by atoms with van der Waals surface area (Å²) in [5, 5.41) is 4.36. The minimum atomic E-state index is 0.635. The van der Waals surface area contributed by atoms with Gasteiger partial charge in [-0.25, -0.2) is 4.98 Å². The number of hydrogen-bond acceptors (Lipinski definition) is 3. The minimum Gasteiger partial charge on any atom is -0.467 e. The zero-order valence-corrected chi connectivity index (χ0v) is 11.1. The Morgan fingerprint density at radius 1 is 1.11 bits per heavy atom. The number of nitrogens with one attached hydrogen (secondary N) is 1. The van der Waals surface area contributed by atoms with Crippen molar-refractivity contribution in [2.75, 3.05) is 5.32 Å². The van der Waals surface area contributed by atoms with Gasteiger partial charge in [-0.2, -0.15) is 0 Å². The molecule has 0 saturated carbocycles. The molecule has 2 aromatic heterocycles. The number of halogens is 1. The molecule has 0 bridgehead atoms. The van der Waals surface area contributed by atoms with Crippen LogP contribution >= 0.6 is 15.9 Å². The number of fused-ring (bicyclic) bond motifs is 1. The number of hydrogen-bond donors (Lipinski definition) is 1. The standard InChI is InChI=1S/C14H11BrN2O/c15-12-5-1-3-10-6-7-13(17-14(10)12)16-9-11-4-2-8-18-11/h1-8H,9H2,(H,16,17). The average Bonchev–Trinajstić information content (AvgIpc) is 2.90. The summed E-state index contributed by atoms with van der Waals surface area (Å²) in [7, 11) is 0. The third kappa shape index (κ3) is 2.24. The summed E-state index contributed by atoms with van der Waals surface area (Å²) in [4.78, 5) is 4.57. The lowest BCUT2D eigenvalue weighted by Crippen LogP contribution is -2.00. The molecule has 0 aliphatic carbocycles. The zero-order valence-electron chi connectivity index (χ0n) is 9.56. The molecule has 3 nitrogen and oxygen atoms in total. The summed E-state index contributed by atoms with van der Waals surface area (Å²) < 4.78 is 6.27. The molecule has 0 aliphatic rings. The largest absolute Gasteiger partial charge is 0.467 e. The van der Waals surface area contributed by atoms with Gasteiger partial charge in [0.25, 0.3) is 0 Å². The summed E-state index contributed by atoms with van der Waals surface area (Å²) in [6, 6.07) is 13.9. The molecule has 0 spiro atoms. The second kappa shape index (κ2) is 4.82. The Kier molecular flexibility index (Phi) is 3.02. The molecule has 0 saturated heterocycles. The van der Waals surface area contributed by atoms with Crippen LogP contribution < -0.4 is 5.32 Å². The second-order valence-corrected chi connectivity index (χ2v) is 4.80. The Labute approximate surface area is 113 Å². The fraction of sp³-hybridized carbons (Fsp3) is 0.0714. The number of anilines is 1. The fourth-order valence-corrected chi connectivity index (χ4v) is 2.27. The van der Waals surface area contributed by atoms with Gasteiger partial charge >= 0.3 is 0 Å². The summed E-state index contributed by atoms with van der Waals surface area (Å²) in [6.45, 7) is 0.635. The van der Waals surface area contributed by atoms with E-state index in [2.05, 4.69) is 32.3 Å². The van der Waals surface area contributed by atoms with Gasteiger partial charge in [-0.05, 0) is 46.3 Å². The van der Waals surface area contributed by atoms with Crippen LogP contribution in [-0.4, -0.2) is 4.98 Å². The van der Waals surface area contributed by atoms with E-state index in [1.807, 2.05) is 36.4 Å². The lowest BCUT2D eigenvalue weighted by Gasteiger charge is -2.06. The zero-order chi connectivity index (χ0) is 12.4. The monoisotopic (exact) mass is 302 g/mol. The van der Waals surface area contributed by atoms with Gasteiger partial charge in [0, 0.05) is 9.86 Å². The molecule has 0 unspecified atom stereocenters. The molecule has 1 N–H and O–H groups in total. The van der Waals surface area contributed by atoms with Crippen molar-refractivity contribution in [3.8, 4) is 0 Å². The SMILES string of the molecule is Brc1cccc2ccc(NCc3ccco3)nc12. The Balaban J connectivity index is 1.86. The number of para-hydroxylation sites is 1. The average molecular weight is 303 g/mol. The summed E-state index contributed by atoms with van der Waals surface area (Å²) in [6.07, 6.45) is 1.67. The first-order valence-corrected chi connectivity index (χ1v) is 6.44. The smallest absolute Gasteiger partial charge is 0.127 e. The van der Waals surface area contributed by atoms with E-state index in [0.29, 0.717) is 6.54 Å². The Hall–Kier alpha value is -1.81. The summed E-state index contributed by atoms with van der Waals surface area (Å²) in [5.74, 6) is 1.73. The molecule has 1 aromatic carbocycles. The Morgan fingerprint density at radius 3 is 2.89 bits per heavy atom. The first kappa shape index (κ1) is 11.3. The van der Waals surface area contributed by atoms with Crippen LogP contribution in [0.25, 0.3) is 10.9 Å². The molecule has 90 valence electrons. The second-order valence-electron chi connectivity index (χ2n) is 3.94. The maximum atomic E-state index is 5.27. The highest BCUT2D eigenvalue weighted by atomic mass is 79.9. The molecule has 0 fully saturated rings. The highest BCUT2D eigenvalue weighted by molar-refractivity contribution is 9.10. The summed E-state index contributed by atoms with van der Waals surface area (Å²) in [5.41, 5.74) is 0.960. The molecule has 0 aliphatic heterocycles. The predicted molar refractivity (Wildman–Crippen MR) is 75.5 cm³/mol. The quantitative estimate of drug-likeness (QED) is 0.788. The van der Waals surface area contributed by atoms with E-state index in [0.717, 1.165) is 27.0 Å². The third-order valence-corrected chi connectivity index (χ3v) is 3.33. The van der Waals surface area contributed by atoms with E-state index in [1.54, 1.807) is 6.26 Å². The van der Waals surface area contributed by atoms with Gasteiger partial charge in [0.2, 0.25) is 0 Å². The van der Waals surface area contributed by atoms with Crippen molar-refractivity contribution in [2.45, 2.75) is 6.54 Å². The van der Waals surface area contributed by atoms with Crippen LogP contribution in [0.15, 0.2) is 57.6 Å². The van der Waals surface area contributed by atoms with Crippen molar-refractivity contribution >= 4 is 32.7 Å². The molecule has 3 aromatic rings. The van der Waals surface area contributed by atoms with Crippen molar-refractivity contribution in [3.05, 3.63) is 59.0 Å². The van der Waals surface area contributed by atoms with E-state index in [1.165, 1.54) is 0 Å². The Morgan fingerprint density at radius 2 is 2.06 bits per heavy atom. The van der Waals surface area contributed by atoms with Crippen LogP contribution in [-0.2, 0) is 6.54 Å².